The SMILES string of the molecule is [2H]C([2H])([2H])Oc1ccc(/C=C/C(=O)OCC(CC)CCCC)cc1. The zero-order valence-electron chi connectivity index (χ0n) is 15.8. The van der Waals surface area contributed by atoms with Gasteiger partial charge in [-0.25, -0.2) is 4.79 Å². The second-order valence-electron chi connectivity index (χ2n) is 5.05. The van der Waals surface area contributed by atoms with Gasteiger partial charge >= 0.3 is 5.97 Å². The Morgan fingerprint density at radius 2 is 2.10 bits per heavy atom. The van der Waals surface area contributed by atoms with Crippen LogP contribution >= 0.6 is 0 Å². The van der Waals surface area contributed by atoms with Gasteiger partial charge in [-0.3, -0.25) is 0 Å². The lowest BCUT2D eigenvalue weighted by Gasteiger charge is -2.13. The van der Waals surface area contributed by atoms with E-state index in [4.69, 9.17) is 13.6 Å². The Morgan fingerprint density at radius 3 is 2.71 bits per heavy atom. The van der Waals surface area contributed by atoms with Crippen molar-refractivity contribution in [1.82, 2.24) is 0 Å². The fourth-order valence-corrected chi connectivity index (χ4v) is 1.96. The highest BCUT2D eigenvalue weighted by Crippen LogP contribution is 2.14. The number of methoxy groups -OCH3 is 1. The average Bonchev–Trinajstić information content (AvgIpc) is 2.53. The van der Waals surface area contributed by atoms with Gasteiger partial charge in [0.15, 0.2) is 0 Å². The monoisotopic (exact) mass is 293 g/mol. The van der Waals surface area contributed by atoms with E-state index in [0.29, 0.717) is 12.5 Å². The van der Waals surface area contributed by atoms with Crippen molar-refractivity contribution in [3.63, 3.8) is 0 Å². The quantitative estimate of drug-likeness (QED) is 0.498. The van der Waals surface area contributed by atoms with E-state index in [-0.39, 0.29) is 11.7 Å². The van der Waals surface area contributed by atoms with E-state index in [9.17, 15) is 4.79 Å². The van der Waals surface area contributed by atoms with Crippen LogP contribution in [0.1, 0.15) is 49.2 Å². The molecule has 3 heteroatoms. The van der Waals surface area contributed by atoms with Gasteiger partial charge in [0.2, 0.25) is 0 Å². The smallest absolute Gasteiger partial charge is 0.330 e. The third-order valence-electron chi connectivity index (χ3n) is 3.41. The number of ether oxygens (including phenoxy) is 2. The van der Waals surface area contributed by atoms with Crippen LogP contribution in [-0.4, -0.2) is 19.6 Å². The summed E-state index contributed by atoms with van der Waals surface area (Å²) in [5, 5.41) is 0. The van der Waals surface area contributed by atoms with E-state index in [0.717, 1.165) is 31.2 Å². The van der Waals surface area contributed by atoms with Gasteiger partial charge in [-0.15, -0.1) is 0 Å². The van der Waals surface area contributed by atoms with Crippen LogP contribution in [0.15, 0.2) is 30.3 Å². The van der Waals surface area contributed by atoms with Crippen LogP contribution in [-0.2, 0) is 9.53 Å². The largest absolute Gasteiger partial charge is 0.497 e. The van der Waals surface area contributed by atoms with Crippen molar-refractivity contribution >= 4 is 12.0 Å². The summed E-state index contributed by atoms with van der Waals surface area (Å²) in [5.41, 5.74) is 0.767. The van der Waals surface area contributed by atoms with Crippen molar-refractivity contribution in [2.75, 3.05) is 13.6 Å². The van der Waals surface area contributed by atoms with Crippen LogP contribution in [0.25, 0.3) is 6.08 Å². The summed E-state index contributed by atoms with van der Waals surface area (Å²) in [6.07, 6.45) is 7.39. The minimum absolute atomic E-state index is 0.261. The summed E-state index contributed by atoms with van der Waals surface area (Å²) in [6, 6.07) is 6.46. The molecular formula is C18H26O3. The molecule has 0 bridgehead atoms. The maximum atomic E-state index is 11.8. The number of unbranched alkanes of at least 4 members (excludes halogenated alkanes) is 1. The highest BCUT2D eigenvalue weighted by atomic mass is 16.5. The summed E-state index contributed by atoms with van der Waals surface area (Å²) in [4.78, 5) is 11.8. The standard InChI is InChI=1S/C18H26O3/c1-4-6-7-15(5-2)14-21-18(19)13-10-16-8-11-17(20-3)12-9-16/h8-13,15H,4-7,14H2,1-3H3/b13-10+/i3D3. The minimum Gasteiger partial charge on any atom is -0.497 e. The normalized spacial score (nSPS) is 15.0. The molecule has 0 aliphatic rings. The first-order valence-corrected chi connectivity index (χ1v) is 7.48. The molecule has 0 saturated carbocycles. The van der Waals surface area contributed by atoms with Gasteiger partial charge < -0.3 is 9.47 Å². The molecule has 0 aromatic heterocycles. The van der Waals surface area contributed by atoms with Crippen LogP contribution in [0.4, 0.5) is 0 Å². The van der Waals surface area contributed by atoms with Crippen molar-refractivity contribution in [3.05, 3.63) is 35.9 Å². The summed E-state index contributed by atoms with van der Waals surface area (Å²) < 4.78 is 31.2. The summed E-state index contributed by atoms with van der Waals surface area (Å²) in [5.74, 6) is 0.308. The Kier molecular flexibility index (Phi) is 6.18. The zero-order chi connectivity index (χ0) is 18.0. The average molecular weight is 293 g/mol. The van der Waals surface area contributed by atoms with Gasteiger partial charge in [0.25, 0.3) is 0 Å². The van der Waals surface area contributed by atoms with Crippen LogP contribution in [0.5, 0.6) is 5.75 Å². The van der Waals surface area contributed by atoms with E-state index in [1.807, 2.05) is 0 Å². The zero-order valence-corrected chi connectivity index (χ0v) is 12.8. The van der Waals surface area contributed by atoms with E-state index in [2.05, 4.69) is 13.8 Å². The molecule has 0 fully saturated rings. The van der Waals surface area contributed by atoms with Gasteiger partial charge in [-0.05, 0) is 36.1 Å². The second-order valence-corrected chi connectivity index (χ2v) is 5.05. The number of esters is 1. The van der Waals surface area contributed by atoms with Gasteiger partial charge in [0.05, 0.1) is 17.8 Å². The molecule has 1 aromatic carbocycles. The molecule has 0 spiro atoms. The molecule has 1 aromatic rings. The lowest BCUT2D eigenvalue weighted by atomic mass is 10.0. The maximum Gasteiger partial charge on any atom is 0.330 e. The van der Waals surface area contributed by atoms with Crippen molar-refractivity contribution in [1.29, 1.82) is 0 Å². The minimum atomic E-state index is -2.46. The Labute approximate surface area is 132 Å². The number of carbonyl (C=O) groups excluding carboxylic acids is 1. The van der Waals surface area contributed by atoms with Crippen LogP contribution in [0.2, 0.25) is 0 Å². The number of carbonyl (C=O) groups is 1. The summed E-state index contributed by atoms with van der Waals surface area (Å²) in [6.45, 7) is 4.70. The number of hydrogen-bond acceptors (Lipinski definition) is 3. The Hall–Kier alpha value is -1.77. The van der Waals surface area contributed by atoms with Gasteiger partial charge in [0.1, 0.15) is 5.75 Å². The molecule has 1 atom stereocenters. The Balaban J connectivity index is 2.46. The fourth-order valence-electron chi connectivity index (χ4n) is 1.96. The summed E-state index contributed by atoms with van der Waals surface area (Å²) in [7, 11) is -2.46. The predicted octanol–water partition coefficient (Wildman–Crippen LogP) is 4.47. The molecule has 3 nitrogen and oxygen atoms in total. The second kappa shape index (κ2) is 10.0. The Morgan fingerprint density at radius 1 is 1.33 bits per heavy atom. The van der Waals surface area contributed by atoms with Crippen LogP contribution in [0.3, 0.4) is 0 Å². The summed E-state index contributed by atoms with van der Waals surface area (Å²) >= 11 is 0. The number of rotatable bonds is 9. The topological polar surface area (TPSA) is 35.5 Å². The maximum absolute atomic E-state index is 11.8. The lowest BCUT2D eigenvalue weighted by molar-refractivity contribution is -0.139. The first-order valence-electron chi connectivity index (χ1n) is 8.98. The van der Waals surface area contributed by atoms with Crippen molar-refractivity contribution in [2.24, 2.45) is 5.92 Å². The van der Waals surface area contributed by atoms with Gasteiger partial charge in [0, 0.05) is 6.08 Å². The first-order chi connectivity index (χ1) is 11.3. The fraction of sp³-hybridized carbons (Fsp3) is 0.500. The van der Waals surface area contributed by atoms with Crippen molar-refractivity contribution < 1.29 is 18.4 Å². The van der Waals surface area contributed by atoms with E-state index >= 15 is 0 Å². The highest BCUT2D eigenvalue weighted by molar-refractivity contribution is 5.87. The van der Waals surface area contributed by atoms with Crippen molar-refractivity contribution in [2.45, 2.75) is 39.5 Å². The molecule has 0 saturated heterocycles. The molecule has 21 heavy (non-hydrogen) atoms. The third kappa shape index (κ3) is 6.98. The van der Waals surface area contributed by atoms with Crippen LogP contribution in [0, 0.1) is 5.92 Å². The van der Waals surface area contributed by atoms with E-state index < -0.39 is 7.04 Å². The van der Waals surface area contributed by atoms with Gasteiger partial charge in [-0.1, -0.05) is 45.2 Å². The molecule has 0 heterocycles. The molecule has 1 rings (SSSR count). The molecule has 0 aliphatic carbocycles. The molecule has 1 unspecified atom stereocenters. The molecule has 0 aliphatic heterocycles. The van der Waals surface area contributed by atoms with Crippen molar-refractivity contribution in [3.8, 4) is 5.75 Å². The lowest BCUT2D eigenvalue weighted by Crippen LogP contribution is -2.12. The molecule has 116 valence electrons. The number of benzene rings is 1. The van der Waals surface area contributed by atoms with E-state index in [1.54, 1.807) is 30.3 Å². The van der Waals surface area contributed by atoms with Crippen LogP contribution < -0.4 is 4.74 Å². The molecule has 0 radical (unpaired) electrons. The molecule has 0 amide bonds. The third-order valence-corrected chi connectivity index (χ3v) is 3.41. The van der Waals surface area contributed by atoms with E-state index in [1.165, 1.54) is 6.08 Å². The molecule has 0 N–H and O–H groups in total. The predicted molar refractivity (Wildman–Crippen MR) is 86.3 cm³/mol. The Bertz CT molecular complexity index is 521. The van der Waals surface area contributed by atoms with Gasteiger partial charge in [-0.2, -0.15) is 0 Å². The molecular weight excluding hydrogens is 264 g/mol. The highest BCUT2D eigenvalue weighted by Gasteiger charge is 2.08. The first kappa shape index (κ1) is 12.9. The number of hydrogen-bond donors (Lipinski definition) is 0.